The molecule has 1 heterocycles. The highest BCUT2D eigenvalue weighted by molar-refractivity contribution is 5.76. The van der Waals surface area contributed by atoms with Crippen LogP contribution in [0.2, 0.25) is 0 Å². The van der Waals surface area contributed by atoms with Crippen molar-refractivity contribution >= 4 is 12.0 Å². The molecule has 1 aromatic carbocycles. The van der Waals surface area contributed by atoms with Crippen LogP contribution in [-0.4, -0.2) is 48.0 Å². The van der Waals surface area contributed by atoms with Crippen molar-refractivity contribution in [2.75, 3.05) is 26.2 Å². The van der Waals surface area contributed by atoms with Gasteiger partial charge in [0.25, 0.3) is 0 Å². The summed E-state index contributed by atoms with van der Waals surface area (Å²) >= 11 is 0. The van der Waals surface area contributed by atoms with Crippen molar-refractivity contribution in [3.05, 3.63) is 30.3 Å². The van der Waals surface area contributed by atoms with Gasteiger partial charge in [0.05, 0.1) is 0 Å². The van der Waals surface area contributed by atoms with Gasteiger partial charge in [-0.15, -0.1) is 0 Å². The number of benzene rings is 1. The lowest BCUT2D eigenvalue weighted by Gasteiger charge is -2.21. The monoisotopic (exact) mass is 304 g/mol. The Morgan fingerprint density at radius 1 is 1.05 bits per heavy atom. The minimum Gasteiger partial charge on any atom is -0.410 e. The van der Waals surface area contributed by atoms with Crippen LogP contribution in [0, 0.1) is 0 Å². The molecule has 1 aliphatic rings. The minimum atomic E-state index is -0.339. The molecule has 0 spiro atoms. The van der Waals surface area contributed by atoms with Crippen LogP contribution >= 0.6 is 0 Å². The summed E-state index contributed by atoms with van der Waals surface area (Å²) in [6.45, 7) is 4.55. The maximum absolute atomic E-state index is 12.2. The molecular weight excluding hydrogens is 280 g/mol. The summed E-state index contributed by atoms with van der Waals surface area (Å²) in [6, 6.07) is 9.06. The second kappa shape index (κ2) is 8.41. The summed E-state index contributed by atoms with van der Waals surface area (Å²) in [5, 5.41) is 0. The van der Waals surface area contributed by atoms with Gasteiger partial charge in [-0.3, -0.25) is 4.79 Å². The highest BCUT2D eigenvalue weighted by Gasteiger charge is 2.22. The van der Waals surface area contributed by atoms with E-state index in [0.29, 0.717) is 31.8 Å². The molecule has 0 radical (unpaired) electrons. The molecule has 0 N–H and O–H groups in total. The van der Waals surface area contributed by atoms with Gasteiger partial charge in [0, 0.05) is 32.6 Å². The standard InChI is InChI=1S/C17H24N2O3/c1-2-3-10-16(20)18-11-7-12-19(14-13-18)17(21)22-15-8-5-4-6-9-15/h4-6,8-9H,2-3,7,10-14H2,1H3. The SMILES string of the molecule is CCCCC(=O)N1CCCN(C(=O)Oc2ccccc2)CC1. The van der Waals surface area contributed by atoms with Crippen LogP contribution in [0.1, 0.15) is 32.6 Å². The molecule has 2 amide bonds. The molecule has 2 rings (SSSR count). The van der Waals surface area contributed by atoms with E-state index in [1.807, 2.05) is 23.1 Å². The van der Waals surface area contributed by atoms with Crippen molar-refractivity contribution in [3.63, 3.8) is 0 Å². The Labute approximate surface area is 131 Å². The Balaban J connectivity index is 1.84. The van der Waals surface area contributed by atoms with Gasteiger partial charge in [0.15, 0.2) is 0 Å². The van der Waals surface area contributed by atoms with Gasteiger partial charge in [-0.05, 0) is 25.0 Å². The van der Waals surface area contributed by atoms with Crippen molar-refractivity contribution in [2.45, 2.75) is 32.6 Å². The van der Waals surface area contributed by atoms with Crippen molar-refractivity contribution in [1.29, 1.82) is 0 Å². The van der Waals surface area contributed by atoms with Gasteiger partial charge < -0.3 is 14.5 Å². The van der Waals surface area contributed by atoms with E-state index in [2.05, 4.69) is 6.92 Å². The lowest BCUT2D eigenvalue weighted by molar-refractivity contribution is -0.131. The third-order valence-corrected chi connectivity index (χ3v) is 3.80. The van der Waals surface area contributed by atoms with Crippen LogP contribution in [0.25, 0.3) is 0 Å². The fourth-order valence-corrected chi connectivity index (χ4v) is 2.49. The number of ether oxygens (including phenoxy) is 1. The number of para-hydroxylation sites is 1. The van der Waals surface area contributed by atoms with E-state index in [-0.39, 0.29) is 12.0 Å². The smallest absolute Gasteiger partial charge is 0.410 e. The molecule has 0 atom stereocenters. The third kappa shape index (κ3) is 4.76. The highest BCUT2D eigenvalue weighted by Crippen LogP contribution is 2.12. The van der Waals surface area contributed by atoms with E-state index in [4.69, 9.17) is 4.74 Å². The quantitative estimate of drug-likeness (QED) is 0.859. The average molecular weight is 304 g/mol. The van der Waals surface area contributed by atoms with Crippen LogP contribution in [0.4, 0.5) is 4.79 Å². The second-order valence-corrected chi connectivity index (χ2v) is 5.51. The van der Waals surface area contributed by atoms with Gasteiger partial charge >= 0.3 is 6.09 Å². The first-order valence-electron chi connectivity index (χ1n) is 8.00. The van der Waals surface area contributed by atoms with Crippen LogP contribution < -0.4 is 4.74 Å². The maximum atomic E-state index is 12.2. The second-order valence-electron chi connectivity index (χ2n) is 5.51. The van der Waals surface area contributed by atoms with E-state index in [1.165, 1.54) is 0 Å². The van der Waals surface area contributed by atoms with Crippen molar-refractivity contribution < 1.29 is 14.3 Å². The zero-order valence-corrected chi connectivity index (χ0v) is 13.2. The number of rotatable bonds is 4. The Hall–Kier alpha value is -2.04. The zero-order chi connectivity index (χ0) is 15.8. The minimum absolute atomic E-state index is 0.195. The normalized spacial score (nSPS) is 15.3. The fourth-order valence-electron chi connectivity index (χ4n) is 2.49. The van der Waals surface area contributed by atoms with Gasteiger partial charge in [-0.25, -0.2) is 4.79 Å². The molecular formula is C17H24N2O3. The number of hydrogen-bond acceptors (Lipinski definition) is 3. The van der Waals surface area contributed by atoms with Crippen molar-refractivity contribution in [1.82, 2.24) is 9.80 Å². The Bertz CT molecular complexity index is 490. The molecule has 1 aromatic rings. The van der Waals surface area contributed by atoms with Crippen LogP contribution in [0.3, 0.4) is 0 Å². The lowest BCUT2D eigenvalue weighted by atomic mass is 10.2. The summed E-state index contributed by atoms with van der Waals surface area (Å²) in [5.41, 5.74) is 0. The Kier molecular flexibility index (Phi) is 6.25. The molecule has 0 bridgehead atoms. The highest BCUT2D eigenvalue weighted by atomic mass is 16.6. The Morgan fingerprint density at radius 3 is 2.45 bits per heavy atom. The average Bonchev–Trinajstić information content (AvgIpc) is 2.79. The number of carbonyl (C=O) groups is 2. The van der Waals surface area contributed by atoms with E-state index in [9.17, 15) is 9.59 Å². The molecule has 0 saturated carbocycles. The first-order valence-corrected chi connectivity index (χ1v) is 8.00. The van der Waals surface area contributed by atoms with Gasteiger partial charge in [0.1, 0.15) is 5.75 Å². The molecule has 1 saturated heterocycles. The summed E-state index contributed by atoms with van der Waals surface area (Å²) in [7, 11) is 0. The summed E-state index contributed by atoms with van der Waals surface area (Å²) < 4.78 is 5.35. The van der Waals surface area contributed by atoms with E-state index < -0.39 is 0 Å². The number of unbranched alkanes of at least 4 members (excludes halogenated alkanes) is 1. The van der Waals surface area contributed by atoms with Crippen LogP contribution in [0.15, 0.2) is 30.3 Å². The predicted octanol–water partition coefficient (Wildman–Crippen LogP) is 2.91. The molecule has 5 nitrogen and oxygen atoms in total. The zero-order valence-electron chi connectivity index (χ0n) is 13.2. The van der Waals surface area contributed by atoms with Gasteiger partial charge in [0.2, 0.25) is 5.91 Å². The Morgan fingerprint density at radius 2 is 1.73 bits per heavy atom. The number of hydrogen-bond donors (Lipinski definition) is 0. The molecule has 0 aromatic heterocycles. The molecule has 0 unspecified atom stereocenters. The van der Waals surface area contributed by atoms with Gasteiger partial charge in [-0.2, -0.15) is 0 Å². The predicted molar refractivity (Wildman–Crippen MR) is 84.8 cm³/mol. The van der Waals surface area contributed by atoms with Crippen LogP contribution in [-0.2, 0) is 4.79 Å². The first-order chi connectivity index (χ1) is 10.7. The topological polar surface area (TPSA) is 49.9 Å². The van der Waals surface area contributed by atoms with Crippen LogP contribution in [0.5, 0.6) is 5.75 Å². The number of carbonyl (C=O) groups excluding carboxylic acids is 2. The van der Waals surface area contributed by atoms with E-state index >= 15 is 0 Å². The largest absolute Gasteiger partial charge is 0.415 e. The van der Waals surface area contributed by atoms with Crippen molar-refractivity contribution in [3.8, 4) is 5.75 Å². The number of amides is 2. The van der Waals surface area contributed by atoms with E-state index in [0.717, 1.165) is 25.8 Å². The summed E-state index contributed by atoms with van der Waals surface area (Å²) in [4.78, 5) is 27.8. The molecule has 22 heavy (non-hydrogen) atoms. The molecule has 0 aliphatic carbocycles. The fraction of sp³-hybridized carbons (Fsp3) is 0.529. The molecule has 1 fully saturated rings. The maximum Gasteiger partial charge on any atom is 0.415 e. The number of nitrogens with zero attached hydrogens (tertiary/aromatic N) is 2. The molecule has 120 valence electrons. The first kappa shape index (κ1) is 16.3. The van der Waals surface area contributed by atoms with Crippen molar-refractivity contribution in [2.24, 2.45) is 0 Å². The summed E-state index contributed by atoms with van der Waals surface area (Å²) in [5.74, 6) is 0.743. The molecule has 5 heteroatoms. The third-order valence-electron chi connectivity index (χ3n) is 3.80. The van der Waals surface area contributed by atoms with Gasteiger partial charge in [-0.1, -0.05) is 31.5 Å². The summed E-state index contributed by atoms with van der Waals surface area (Å²) in [6.07, 6.45) is 3.01. The molecule has 1 aliphatic heterocycles. The van der Waals surface area contributed by atoms with E-state index in [1.54, 1.807) is 17.0 Å². The lowest BCUT2D eigenvalue weighted by Crippen LogP contribution is -2.38.